The minimum Gasteiger partial charge on any atom is -0.354 e. The molecule has 1 fully saturated rings. The molecule has 2 N–H and O–H groups in total. The molecule has 0 aromatic heterocycles. The average molecular weight is 232 g/mol. The van der Waals surface area contributed by atoms with E-state index in [1.807, 2.05) is 30.3 Å². The van der Waals surface area contributed by atoms with Gasteiger partial charge in [-0.15, -0.1) is 0 Å². The lowest BCUT2D eigenvalue weighted by Crippen LogP contribution is -2.42. The molecule has 0 spiro atoms. The van der Waals surface area contributed by atoms with Gasteiger partial charge in [-0.3, -0.25) is 9.59 Å². The third-order valence-corrected chi connectivity index (χ3v) is 2.87. The first-order chi connectivity index (χ1) is 8.25. The van der Waals surface area contributed by atoms with E-state index in [4.69, 9.17) is 0 Å². The number of rotatable bonds is 4. The van der Waals surface area contributed by atoms with Gasteiger partial charge in [0.1, 0.15) is 6.04 Å². The predicted molar refractivity (Wildman–Crippen MR) is 64.3 cm³/mol. The highest BCUT2D eigenvalue weighted by molar-refractivity contribution is 5.90. The van der Waals surface area contributed by atoms with Crippen LogP contribution in [0.15, 0.2) is 30.3 Å². The van der Waals surface area contributed by atoms with Gasteiger partial charge in [0.2, 0.25) is 11.8 Å². The molecule has 0 aliphatic carbocycles. The highest BCUT2D eigenvalue weighted by Gasteiger charge is 2.26. The van der Waals surface area contributed by atoms with Gasteiger partial charge in [0.05, 0.1) is 0 Å². The number of nitrogens with one attached hydrogen (secondary N) is 2. The molecule has 0 radical (unpaired) electrons. The van der Waals surface area contributed by atoms with Gasteiger partial charge < -0.3 is 10.6 Å². The first-order valence-corrected chi connectivity index (χ1v) is 5.87. The Morgan fingerprint density at radius 1 is 1.35 bits per heavy atom. The van der Waals surface area contributed by atoms with Gasteiger partial charge in [-0.1, -0.05) is 30.3 Å². The quantitative estimate of drug-likeness (QED) is 0.799. The summed E-state index contributed by atoms with van der Waals surface area (Å²) in [5, 5.41) is 5.49. The van der Waals surface area contributed by atoms with Gasteiger partial charge in [0.25, 0.3) is 0 Å². The smallest absolute Gasteiger partial charge is 0.242 e. The van der Waals surface area contributed by atoms with Crippen molar-refractivity contribution in [2.24, 2.45) is 0 Å². The topological polar surface area (TPSA) is 58.2 Å². The van der Waals surface area contributed by atoms with Crippen molar-refractivity contribution in [3.63, 3.8) is 0 Å². The van der Waals surface area contributed by atoms with E-state index in [1.165, 1.54) is 5.56 Å². The number of carbonyl (C=O) groups is 2. The van der Waals surface area contributed by atoms with Gasteiger partial charge in [0, 0.05) is 13.0 Å². The largest absolute Gasteiger partial charge is 0.354 e. The second-order valence-electron chi connectivity index (χ2n) is 4.19. The fraction of sp³-hybridized carbons (Fsp3) is 0.385. The number of benzene rings is 1. The fourth-order valence-electron chi connectivity index (χ4n) is 1.91. The highest BCUT2D eigenvalue weighted by Crippen LogP contribution is 2.06. The van der Waals surface area contributed by atoms with E-state index >= 15 is 0 Å². The Hall–Kier alpha value is -1.84. The van der Waals surface area contributed by atoms with E-state index in [2.05, 4.69) is 10.6 Å². The zero-order chi connectivity index (χ0) is 12.1. The molecule has 4 nitrogen and oxygen atoms in total. The summed E-state index contributed by atoms with van der Waals surface area (Å²) in [6, 6.07) is 9.66. The molecule has 1 heterocycles. The maximum Gasteiger partial charge on any atom is 0.242 e. The average Bonchev–Trinajstić information content (AvgIpc) is 2.77. The lowest BCUT2D eigenvalue weighted by atomic mass is 10.1. The van der Waals surface area contributed by atoms with Crippen molar-refractivity contribution in [3.05, 3.63) is 35.9 Å². The summed E-state index contributed by atoms with van der Waals surface area (Å²) in [4.78, 5) is 22.6. The van der Waals surface area contributed by atoms with Crippen LogP contribution in [0.1, 0.15) is 18.4 Å². The van der Waals surface area contributed by atoms with Crippen LogP contribution in [0.4, 0.5) is 0 Å². The van der Waals surface area contributed by atoms with Crippen LogP contribution in [0.25, 0.3) is 0 Å². The van der Waals surface area contributed by atoms with Crippen molar-refractivity contribution in [2.75, 3.05) is 6.54 Å². The van der Waals surface area contributed by atoms with E-state index in [1.54, 1.807) is 0 Å². The second-order valence-corrected chi connectivity index (χ2v) is 4.19. The molecule has 4 heteroatoms. The normalized spacial score (nSPS) is 18.8. The van der Waals surface area contributed by atoms with E-state index < -0.39 is 0 Å². The lowest BCUT2D eigenvalue weighted by molar-refractivity contribution is -0.125. The molecule has 1 aromatic carbocycles. The van der Waals surface area contributed by atoms with Crippen LogP contribution in [0.2, 0.25) is 0 Å². The first-order valence-electron chi connectivity index (χ1n) is 5.87. The van der Waals surface area contributed by atoms with Gasteiger partial charge in [-0.2, -0.15) is 0 Å². The van der Waals surface area contributed by atoms with Crippen LogP contribution in [0.3, 0.4) is 0 Å². The Bertz CT molecular complexity index is 403. The Morgan fingerprint density at radius 3 is 2.76 bits per heavy atom. The molecule has 1 atom stereocenters. The van der Waals surface area contributed by atoms with Crippen LogP contribution in [0, 0.1) is 0 Å². The molecule has 1 aliphatic heterocycles. The summed E-state index contributed by atoms with van der Waals surface area (Å²) in [6.07, 6.45) is 1.88. The van der Waals surface area contributed by atoms with Gasteiger partial charge in [-0.25, -0.2) is 0 Å². The SMILES string of the molecule is O=C1CCC(C(=O)NCCc2ccccc2)N1. The number of hydrogen-bond donors (Lipinski definition) is 2. The van der Waals surface area contributed by atoms with Gasteiger partial charge >= 0.3 is 0 Å². The monoisotopic (exact) mass is 232 g/mol. The minimum atomic E-state index is -0.335. The molecule has 0 bridgehead atoms. The van der Waals surface area contributed by atoms with Crippen LogP contribution >= 0.6 is 0 Å². The van der Waals surface area contributed by atoms with Crippen molar-refractivity contribution in [3.8, 4) is 0 Å². The standard InChI is InChI=1S/C13H16N2O2/c16-12-7-6-11(15-12)13(17)14-9-8-10-4-2-1-3-5-10/h1-5,11H,6-9H2,(H,14,17)(H,15,16). The summed E-state index contributed by atoms with van der Waals surface area (Å²) in [5.41, 5.74) is 1.20. The minimum absolute atomic E-state index is 0.0341. The molecule has 2 rings (SSSR count). The number of hydrogen-bond acceptors (Lipinski definition) is 2. The number of carbonyl (C=O) groups excluding carboxylic acids is 2. The zero-order valence-electron chi connectivity index (χ0n) is 9.61. The second kappa shape index (κ2) is 5.48. The Balaban J connectivity index is 1.72. The van der Waals surface area contributed by atoms with Crippen molar-refractivity contribution in [1.29, 1.82) is 0 Å². The Labute approximate surface area is 100 Å². The number of amides is 2. The van der Waals surface area contributed by atoms with Gasteiger partial charge in [-0.05, 0) is 18.4 Å². The molecule has 90 valence electrons. The van der Waals surface area contributed by atoms with E-state index in [0.29, 0.717) is 19.4 Å². The van der Waals surface area contributed by atoms with Crippen LogP contribution in [-0.4, -0.2) is 24.4 Å². The summed E-state index contributed by atoms with van der Waals surface area (Å²) < 4.78 is 0. The first kappa shape index (κ1) is 11.6. The maximum atomic E-state index is 11.7. The third kappa shape index (κ3) is 3.31. The third-order valence-electron chi connectivity index (χ3n) is 2.87. The molecule has 2 amide bonds. The van der Waals surface area contributed by atoms with Crippen molar-refractivity contribution >= 4 is 11.8 Å². The highest BCUT2D eigenvalue weighted by atomic mass is 16.2. The van der Waals surface area contributed by atoms with E-state index in [-0.39, 0.29) is 17.9 Å². The molecule has 1 aliphatic rings. The molecular weight excluding hydrogens is 216 g/mol. The Morgan fingerprint density at radius 2 is 2.12 bits per heavy atom. The summed E-state index contributed by atoms with van der Waals surface area (Å²) in [5.74, 6) is -0.111. The van der Waals surface area contributed by atoms with Crippen LogP contribution in [-0.2, 0) is 16.0 Å². The molecular formula is C13H16N2O2. The molecule has 0 saturated carbocycles. The van der Waals surface area contributed by atoms with E-state index in [9.17, 15) is 9.59 Å². The summed E-state index contributed by atoms with van der Waals surface area (Å²) in [6.45, 7) is 0.606. The Kier molecular flexibility index (Phi) is 3.75. The zero-order valence-corrected chi connectivity index (χ0v) is 9.61. The molecule has 1 aromatic rings. The maximum absolute atomic E-state index is 11.7. The van der Waals surface area contributed by atoms with Crippen LogP contribution in [0.5, 0.6) is 0 Å². The summed E-state index contributed by atoms with van der Waals surface area (Å²) >= 11 is 0. The fourth-order valence-corrected chi connectivity index (χ4v) is 1.91. The van der Waals surface area contributed by atoms with Crippen molar-refractivity contribution in [1.82, 2.24) is 10.6 Å². The predicted octanol–water partition coefficient (Wildman–Crippen LogP) is 0.624. The summed E-state index contributed by atoms with van der Waals surface area (Å²) in [7, 11) is 0. The van der Waals surface area contributed by atoms with Gasteiger partial charge in [0.15, 0.2) is 0 Å². The molecule has 17 heavy (non-hydrogen) atoms. The van der Waals surface area contributed by atoms with Crippen LogP contribution < -0.4 is 10.6 Å². The molecule has 1 unspecified atom stereocenters. The lowest BCUT2D eigenvalue weighted by Gasteiger charge is -2.10. The van der Waals surface area contributed by atoms with E-state index in [0.717, 1.165) is 6.42 Å². The van der Waals surface area contributed by atoms with Crippen molar-refractivity contribution < 1.29 is 9.59 Å². The van der Waals surface area contributed by atoms with Crippen molar-refractivity contribution in [2.45, 2.75) is 25.3 Å². The molecule has 1 saturated heterocycles.